The molecule has 0 aliphatic heterocycles. The van der Waals surface area contributed by atoms with Gasteiger partial charge in [-0.15, -0.1) is 0 Å². The summed E-state index contributed by atoms with van der Waals surface area (Å²) in [7, 11) is 0. The van der Waals surface area contributed by atoms with Gasteiger partial charge in [-0.3, -0.25) is 9.59 Å². The van der Waals surface area contributed by atoms with Crippen LogP contribution in [0.15, 0.2) is 66.7 Å². The van der Waals surface area contributed by atoms with E-state index in [2.05, 4.69) is 5.32 Å². The molecule has 25 heavy (non-hydrogen) atoms. The van der Waals surface area contributed by atoms with Gasteiger partial charge >= 0.3 is 5.97 Å². The molecule has 0 saturated heterocycles. The molecule has 0 heterocycles. The van der Waals surface area contributed by atoms with Crippen molar-refractivity contribution < 1.29 is 19.4 Å². The number of carboxylic acid groups (broad SMARTS) is 1. The van der Waals surface area contributed by atoms with Crippen molar-refractivity contribution in [1.29, 1.82) is 0 Å². The molecular weight excluding hydrogens is 318 g/mol. The molecule has 2 aromatic carbocycles. The highest BCUT2D eigenvalue weighted by Gasteiger charge is 2.33. The smallest absolute Gasteiger partial charge is 0.307 e. The number of hydrogen-bond donors (Lipinski definition) is 2. The summed E-state index contributed by atoms with van der Waals surface area (Å²) in [5.74, 6) is -1.04. The van der Waals surface area contributed by atoms with Gasteiger partial charge < -0.3 is 15.2 Å². The van der Waals surface area contributed by atoms with Gasteiger partial charge in [0, 0.05) is 5.69 Å². The standard InChI is InChI=1S/C20H19NO4/c22-19(17-8-4-5-9-18(17)20(23)24)21-14-10-12-16(13-11-14)25-15-6-2-1-3-7-15/h1-7,10-13,17-18H,8-9H2,(H,21,22)(H,23,24)/t17-,18-/m1/s1. The maximum atomic E-state index is 12.4. The summed E-state index contributed by atoms with van der Waals surface area (Å²) in [6.07, 6.45) is 4.51. The first-order chi connectivity index (χ1) is 12.1. The Morgan fingerprint density at radius 3 is 2.12 bits per heavy atom. The zero-order valence-electron chi connectivity index (χ0n) is 13.6. The van der Waals surface area contributed by atoms with Crippen LogP contribution >= 0.6 is 0 Å². The molecule has 2 aromatic rings. The van der Waals surface area contributed by atoms with E-state index in [0.717, 1.165) is 5.75 Å². The molecule has 0 unspecified atom stereocenters. The second-order valence-electron chi connectivity index (χ2n) is 5.92. The summed E-state index contributed by atoms with van der Waals surface area (Å²) in [6, 6.07) is 16.4. The summed E-state index contributed by atoms with van der Waals surface area (Å²) in [6.45, 7) is 0. The van der Waals surface area contributed by atoms with E-state index in [9.17, 15) is 14.7 Å². The lowest BCUT2D eigenvalue weighted by Crippen LogP contribution is -2.34. The first-order valence-corrected chi connectivity index (χ1v) is 8.15. The van der Waals surface area contributed by atoms with Crippen molar-refractivity contribution in [2.24, 2.45) is 11.8 Å². The largest absolute Gasteiger partial charge is 0.481 e. The highest BCUT2D eigenvalue weighted by atomic mass is 16.5. The van der Waals surface area contributed by atoms with E-state index in [0.29, 0.717) is 24.3 Å². The Morgan fingerprint density at radius 1 is 0.880 bits per heavy atom. The van der Waals surface area contributed by atoms with Gasteiger partial charge in [0.25, 0.3) is 0 Å². The minimum atomic E-state index is -0.934. The lowest BCUT2D eigenvalue weighted by atomic mass is 9.82. The molecular formula is C20H19NO4. The van der Waals surface area contributed by atoms with Crippen LogP contribution in [0, 0.1) is 11.8 Å². The monoisotopic (exact) mass is 337 g/mol. The highest BCUT2D eigenvalue weighted by Crippen LogP contribution is 2.28. The van der Waals surface area contributed by atoms with Gasteiger partial charge in [0.05, 0.1) is 11.8 Å². The number of carbonyl (C=O) groups excluding carboxylic acids is 1. The molecule has 0 saturated carbocycles. The van der Waals surface area contributed by atoms with E-state index in [-0.39, 0.29) is 5.91 Å². The number of anilines is 1. The van der Waals surface area contributed by atoms with Crippen LogP contribution in [-0.2, 0) is 9.59 Å². The van der Waals surface area contributed by atoms with Crippen LogP contribution in [0.5, 0.6) is 11.5 Å². The zero-order chi connectivity index (χ0) is 17.6. The van der Waals surface area contributed by atoms with Crippen molar-refractivity contribution in [3.05, 3.63) is 66.7 Å². The van der Waals surface area contributed by atoms with Crippen molar-refractivity contribution in [3.63, 3.8) is 0 Å². The Labute approximate surface area is 145 Å². The zero-order valence-corrected chi connectivity index (χ0v) is 13.6. The Bertz CT molecular complexity index is 768. The van der Waals surface area contributed by atoms with Gasteiger partial charge in [-0.2, -0.15) is 0 Å². The maximum Gasteiger partial charge on any atom is 0.307 e. The van der Waals surface area contributed by atoms with Crippen molar-refractivity contribution in [3.8, 4) is 11.5 Å². The van der Waals surface area contributed by atoms with E-state index in [1.165, 1.54) is 0 Å². The average molecular weight is 337 g/mol. The fourth-order valence-corrected chi connectivity index (χ4v) is 2.84. The Kier molecular flexibility index (Phi) is 5.14. The normalized spacial score (nSPS) is 19.2. The third-order valence-corrected chi connectivity index (χ3v) is 4.19. The molecule has 2 N–H and O–H groups in total. The van der Waals surface area contributed by atoms with Crippen LogP contribution in [0.2, 0.25) is 0 Å². The summed E-state index contributed by atoms with van der Waals surface area (Å²) in [4.78, 5) is 23.7. The number of hydrogen-bond acceptors (Lipinski definition) is 3. The number of rotatable bonds is 5. The quantitative estimate of drug-likeness (QED) is 0.806. The lowest BCUT2D eigenvalue weighted by molar-refractivity contribution is -0.146. The van der Waals surface area contributed by atoms with Crippen molar-refractivity contribution in [2.75, 3.05) is 5.32 Å². The van der Waals surface area contributed by atoms with E-state index in [4.69, 9.17) is 4.74 Å². The Balaban J connectivity index is 1.63. The number of ether oxygens (including phenoxy) is 1. The summed E-state index contributed by atoms with van der Waals surface area (Å²) >= 11 is 0. The number of amides is 1. The van der Waals surface area contributed by atoms with E-state index in [1.54, 1.807) is 24.3 Å². The lowest BCUT2D eigenvalue weighted by Gasteiger charge is -2.24. The molecule has 0 radical (unpaired) electrons. The van der Waals surface area contributed by atoms with E-state index in [1.807, 2.05) is 42.5 Å². The molecule has 128 valence electrons. The maximum absolute atomic E-state index is 12.4. The Morgan fingerprint density at radius 2 is 1.48 bits per heavy atom. The van der Waals surface area contributed by atoms with E-state index >= 15 is 0 Å². The van der Waals surface area contributed by atoms with Crippen LogP contribution in [0.25, 0.3) is 0 Å². The van der Waals surface area contributed by atoms with Gasteiger partial charge in [0.15, 0.2) is 0 Å². The van der Waals surface area contributed by atoms with Crippen molar-refractivity contribution in [1.82, 2.24) is 0 Å². The Hall–Kier alpha value is -3.08. The summed E-state index contributed by atoms with van der Waals surface area (Å²) in [5.41, 5.74) is 0.615. The SMILES string of the molecule is O=C(O)[C@@H]1CC=CC[C@H]1C(=O)Nc1ccc(Oc2ccccc2)cc1. The minimum Gasteiger partial charge on any atom is -0.481 e. The molecule has 0 fully saturated rings. The summed E-state index contributed by atoms with van der Waals surface area (Å²) in [5, 5.41) is 12.1. The van der Waals surface area contributed by atoms with Crippen molar-refractivity contribution >= 4 is 17.6 Å². The third-order valence-electron chi connectivity index (χ3n) is 4.19. The molecule has 2 atom stereocenters. The number of carbonyl (C=O) groups is 2. The van der Waals surface area contributed by atoms with Gasteiger partial charge in [-0.25, -0.2) is 0 Å². The van der Waals surface area contributed by atoms with Crippen LogP contribution in [0.1, 0.15) is 12.8 Å². The first-order valence-electron chi connectivity index (χ1n) is 8.15. The van der Waals surface area contributed by atoms with Crippen LogP contribution in [0.3, 0.4) is 0 Å². The molecule has 5 nitrogen and oxygen atoms in total. The molecule has 1 aliphatic rings. The number of benzene rings is 2. The number of carboxylic acids is 1. The summed E-state index contributed by atoms with van der Waals surface area (Å²) < 4.78 is 5.70. The predicted molar refractivity (Wildman–Crippen MR) is 94.6 cm³/mol. The number of allylic oxidation sites excluding steroid dienone is 2. The highest BCUT2D eigenvalue weighted by molar-refractivity contribution is 5.95. The molecule has 0 bridgehead atoms. The third kappa shape index (κ3) is 4.26. The molecule has 0 spiro atoms. The predicted octanol–water partition coefficient (Wildman–Crippen LogP) is 4.08. The second kappa shape index (κ2) is 7.66. The molecule has 1 amide bonds. The second-order valence-corrected chi connectivity index (χ2v) is 5.92. The average Bonchev–Trinajstić information content (AvgIpc) is 2.64. The van der Waals surface area contributed by atoms with E-state index < -0.39 is 17.8 Å². The molecule has 0 aromatic heterocycles. The topological polar surface area (TPSA) is 75.6 Å². The van der Waals surface area contributed by atoms with Crippen LogP contribution in [-0.4, -0.2) is 17.0 Å². The number of para-hydroxylation sites is 1. The van der Waals surface area contributed by atoms with Crippen LogP contribution in [0.4, 0.5) is 5.69 Å². The fraction of sp³-hybridized carbons (Fsp3) is 0.200. The molecule has 3 rings (SSSR count). The van der Waals surface area contributed by atoms with Gasteiger partial charge in [-0.05, 0) is 49.2 Å². The number of nitrogens with one attached hydrogen (secondary N) is 1. The van der Waals surface area contributed by atoms with Gasteiger partial charge in [0.2, 0.25) is 5.91 Å². The van der Waals surface area contributed by atoms with Gasteiger partial charge in [0.1, 0.15) is 11.5 Å². The van der Waals surface area contributed by atoms with Gasteiger partial charge in [-0.1, -0.05) is 30.4 Å². The fourth-order valence-electron chi connectivity index (χ4n) is 2.84. The minimum absolute atomic E-state index is 0.270. The molecule has 5 heteroatoms. The molecule has 1 aliphatic carbocycles. The number of aliphatic carboxylic acids is 1. The van der Waals surface area contributed by atoms with Crippen LogP contribution < -0.4 is 10.1 Å². The first kappa shape index (κ1) is 16.8. The van der Waals surface area contributed by atoms with Crippen molar-refractivity contribution in [2.45, 2.75) is 12.8 Å².